The van der Waals surface area contributed by atoms with E-state index in [2.05, 4.69) is 31.4 Å². The first kappa shape index (κ1) is 12.0. The molecule has 0 unspecified atom stereocenters. The zero-order valence-corrected chi connectivity index (χ0v) is 8.84. The van der Waals surface area contributed by atoms with E-state index in [0.29, 0.717) is 0 Å². The molecule has 2 nitrogen and oxygen atoms in total. The Kier molecular flexibility index (Phi) is 6.06. The Labute approximate surface area is 84.6 Å². The van der Waals surface area contributed by atoms with Crippen molar-refractivity contribution in [2.75, 3.05) is 0 Å². The van der Waals surface area contributed by atoms with E-state index >= 15 is 0 Å². The van der Waals surface area contributed by atoms with Crippen LogP contribution in [0.3, 0.4) is 0 Å². The van der Waals surface area contributed by atoms with Crippen molar-refractivity contribution >= 4 is 18.5 Å². The zero-order valence-electron chi connectivity index (χ0n) is 7.95. The second kappa shape index (κ2) is 6.54. The first-order chi connectivity index (χ1) is 6.07. The molecule has 0 radical (unpaired) electrons. The number of carbonyl (C=O) groups excluding carboxylic acids is 1. The molecule has 13 heavy (non-hydrogen) atoms. The van der Waals surface area contributed by atoms with Crippen LogP contribution in [0.15, 0.2) is 29.2 Å². The molecule has 3 heteroatoms. The van der Waals surface area contributed by atoms with Gasteiger partial charge in [-0.25, -0.2) is 0 Å². The predicted molar refractivity (Wildman–Crippen MR) is 57.9 cm³/mol. The summed E-state index contributed by atoms with van der Waals surface area (Å²) in [6.45, 7) is 3.44. The Bertz CT molecular complexity index is 269. The molecule has 2 N–H and O–H groups in total. The maximum Gasteiger partial charge on any atom is 0.214 e. The van der Waals surface area contributed by atoms with E-state index < -0.39 is 0 Å². The SMILES string of the molecule is CC(N)=O.CCc1ccccc1S. The number of aryl methyl sites for hydroxylation is 1. The third-order valence-electron chi connectivity index (χ3n) is 1.37. The van der Waals surface area contributed by atoms with Gasteiger partial charge in [-0.1, -0.05) is 25.1 Å². The smallest absolute Gasteiger partial charge is 0.214 e. The fraction of sp³-hybridized carbons (Fsp3) is 0.300. The van der Waals surface area contributed by atoms with Crippen LogP contribution in [-0.2, 0) is 11.2 Å². The molecule has 0 bridgehead atoms. The highest BCUT2D eigenvalue weighted by Crippen LogP contribution is 2.12. The summed E-state index contributed by atoms with van der Waals surface area (Å²) in [6, 6.07) is 8.16. The second-order valence-corrected chi connectivity index (χ2v) is 3.07. The molecule has 0 saturated carbocycles. The van der Waals surface area contributed by atoms with E-state index in [1.807, 2.05) is 18.2 Å². The van der Waals surface area contributed by atoms with Gasteiger partial charge in [0.05, 0.1) is 0 Å². The molecule has 1 aromatic rings. The summed E-state index contributed by atoms with van der Waals surface area (Å²) in [5.41, 5.74) is 5.79. The molecule has 0 aliphatic rings. The second-order valence-electron chi connectivity index (χ2n) is 2.59. The normalized spacial score (nSPS) is 8.54. The molecule has 0 aliphatic heterocycles. The number of thiol groups is 1. The quantitative estimate of drug-likeness (QED) is 0.665. The monoisotopic (exact) mass is 197 g/mol. The standard InChI is InChI=1S/C8H10S.C2H5NO/c1-2-7-5-3-4-6-8(7)9;1-2(3)4/h3-6,9H,2H2,1H3;1H3,(H2,3,4). The lowest BCUT2D eigenvalue weighted by Crippen LogP contribution is -2.01. The highest BCUT2D eigenvalue weighted by molar-refractivity contribution is 7.80. The van der Waals surface area contributed by atoms with E-state index in [0.717, 1.165) is 11.3 Å². The molecule has 72 valence electrons. The average Bonchev–Trinajstić information content (AvgIpc) is 2.04. The molecule has 0 aliphatic carbocycles. The number of hydrogen-bond acceptors (Lipinski definition) is 2. The van der Waals surface area contributed by atoms with E-state index in [9.17, 15) is 4.79 Å². The summed E-state index contributed by atoms with van der Waals surface area (Å²) >= 11 is 4.28. The Morgan fingerprint density at radius 1 is 1.46 bits per heavy atom. The number of primary amides is 1. The molecule has 0 aromatic heterocycles. The van der Waals surface area contributed by atoms with Crippen molar-refractivity contribution in [3.8, 4) is 0 Å². The van der Waals surface area contributed by atoms with Crippen LogP contribution in [0.1, 0.15) is 19.4 Å². The highest BCUT2D eigenvalue weighted by atomic mass is 32.1. The highest BCUT2D eigenvalue weighted by Gasteiger charge is 1.90. The first-order valence-corrected chi connectivity index (χ1v) is 4.55. The fourth-order valence-electron chi connectivity index (χ4n) is 0.810. The minimum Gasteiger partial charge on any atom is -0.370 e. The van der Waals surface area contributed by atoms with Crippen LogP contribution in [0.25, 0.3) is 0 Å². The molecule has 0 saturated heterocycles. The molecule has 1 aromatic carbocycles. The Morgan fingerprint density at radius 3 is 2.23 bits per heavy atom. The molecule has 1 amide bonds. The molecule has 0 heterocycles. The third kappa shape index (κ3) is 6.22. The van der Waals surface area contributed by atoms with Crippen LogP contribution in [0.2, 0.25) is 0 Å². The van der Waals surface area contributed by atoms with Gasteiger partial charge in [-0.2, -0.15) is 0 Å². The van der Waals surface area contributed by atoms with Crippen LogP contribution >= 0.6 is 12.6 Å². The number of nitrogens with two attached hydrogens (primary N) is 1. The van der Waals surface area contributed by atoms with Crippen molar-refractivity contribution in [1.29, 1.82) is 0 Å². The summed E-state index contributed by atoms with van der Waals surface area (Å²) in [4.78, 5) is 10.3. The number of rotatable bonds is 1. The number of carbonyl (C=O) groups is 1. The molecule has 1 rings (SSSR count). The lowest BCUT2D eigenvalue weighted by Gasteiger charge is -1.97. The van der Waals surface area contributed by atoms with E-state index in [4.69, 9.17) is 0 Å². The number of benzene rings is 1. The van der Waals surface area contributed by atoms with Gasteiger partial charge in [0.1, 0.15) is 0 Å². The predicted octanol–water partition coefficient (Wildman–Crippen LogP) is 2.03. The maximum absolute atomic E-state index is 9.22. The van der Waals surface area contributed by atoms with Gasteiger partial charge >= 0.3 is 0 Å². The summed E-state index contributed by atoms with van der Waals surface area (Å²) in [7, 11) is 0. The Balaban J connectivity index is 0.000000310. The summed E-state index contributed by atoms with van der Waals surface area (Å²) in [5, 5.41) is 0. The zero-order chi connectivity index (χ0) is 10.3. The molecular weight excluding hydrogens is 182 g/mol. The van der Waals surface area contributed by atoms with Crippen molar-refractivity contribution in [2.45, 2.75) is 25.2 Å². The Hall–Kier alpha value is -0.960. The van der Waals surface area contributed by atoms with Crippen molar-refractivity contribution in [1.82, 2.24) is 0 Å². The van der Waals surface area contributed by atoms with Crippen molar-refractivity contribution < 1.29 is 4.79 Å². The van der Waals surface area contributed by atoms with Gasteiger partial charge in [0.2, 0.25) is 5.91 Å². The number of amides is 1. The van der Waals surface area contributed by atoms with Gasteiger partial charge in [-0.05, 0) is 18.1 Å². The minimum absolute atomic E-state index is 0.333. The van der Waals surface area contributed by atoms with Crippen LogP contribution < -0.4 is 5.73 Å². The van der Waals surface area contributed by atoms with Gasteiger partial charge in [0.15, 0.2) is 0 Å². The minimum atomic E-state index is -0.333. The molecule has 0 fully saturated rings. The topological polar surface area (TPSA) is 43.1 Å². The summed E-state index contributed by atoms with van der Waals surface area (Å²) in [5.74, 6) is -0.333. The molecule has 0 spiro atoms. The Morgan fingerprint density at radius 2 is 1.92 bits per heavy atom. The molecule has 0 atom stereocenters. The van der Waals surface area contributed by atoms with Crippen LogP contribution in [-0.4, -0.2) is 5.91 Å². The average molecular weight is 197 g/mol. The number of hydrogen-bond donors (Lipinski definition) is 2. The lowest BCUT2D eigenvalue weighted by atomic mass is 10.2. The fourth-order valence-corrected chi connectivity index (χ4v) is 1.13. The summed E-state index contributed by atoms with van der Waals surface area (Å²) in [6.07, 6.45) is 1.07. The van der Waals surface area contributed by atoms with Crippen molar-refractivity contribution in [2.24, 2.45) is 5.73 Å². The van der Waals surface area contributed by atoms with Crippen LogP contribution in [0, 0.1) is 0 Å². The lowest BCUT2D eigenvalue weighted by molar-refractivity contribution is -0.115. The van der Waals surface area contributed by atoms with E-state index in [1.165, 1.54) is 12.5 Å². The third-order valence-corrected chi connectivity index (χ3v) is 1.81. The first-order valence-electron chi connectivity index (χ1n) is 4.10. The van der Waals surface area contributed by atoms with Crippen LogP contribution in [0.5, 0.6) is 0 Å². The van der Waals surface area contributed by atoms with Gasteiger partial charge in [0.25, 0.3) is 0 Å². The van der Waals surface area contributed by atoms with Crippen LogP contribution in [0.4, 0.5) is 0 Å². The van der Waals surface area contributed by atoms with Gasteiger partial charge in [0, 0.05) is 11.8 Å². The van der Waals surface area contributed by atoms with Gasteiger partial charge in [-0.3, -0.25) is 4.79 Å². The van der Waals surface area contributed by atoms with Gasteiger partial charge in [-0.15, -0.1) is 12.6 Å². The van der Waals surface area contributed by atoms with Crippen molar-refractivity contribution in [3.05, 3.63) is 29.8 Å². The van der Waals surface area contributed by atoms with Gasteiger partial charge < -0.3 is 5.73 Å². The van der Waals surface area contributed by atoms with Crippen molar-refractivity contribution in [3.63, 3.8) is 0 Å². The largest absolute Gasteiger partial charge is 0.370 e. The summed E-state index contributed by atoms with van der Waals surface area (Å²) < 4.78 is 0. The van der Waals surface area contributed by atoms with E-state index in [1.54, 1.807) is 0 Å². The van der Waals surface area contributed by atoms with E-state index in [-0.39, 0.29) is 5.91 Å². The molecular formula is C10H15NOS. The maximum atomic E-state index is 9.22.